The summed E-state index contributed by atoms with van der Waals surface area (Å²) in [6.07, 6.45) is 1.14. The molecule has 12 heteroatoms. The van der Waals surface area contributed by atoms with Crippen LogP contribution in [0.5, 0.6) is 0 Å². The van der Waals surface area contributed by atoms with E-state index < -0.39 is 12.1 Å². The molecule has 44 heavy (non-hydrogen) atoms. The van der Waals surface area contributed by atoms with Crippen LogP contribution in [0.1, 0.15) is 53.5 Å². The molecule has 0 saturated carbocycles. The second-order valence-electron chi connectivity index (χ2n) is 11.3. The van der Waals surface area contributed by atoms with Crippen molar-refractivity contribution in [1.82, 2.24) is 25.3 Å². The molecule has 1 fully saturated rings. The molecule has 0 aliphatic carbocycles. The fourth-order valence-electron chi connectivity index (χ4n) is 6.09. The van der Waals surface area contributed by atoms with E-state index in [-0.39, 0.29) is 28.3 Å². The van der Waals surface area contributed by atoms with Crippen molar-refractivity contribution < 1.29 is 19.5 Å². The van der Waals surface area contributed by atoms with Gasteiger partial charge in [-0.1, -0.05) is 36.4 Å². The number of imidazole rings is 1. The van der Waals surface area contributed by atoms with Crippen LogP contribution in [0.3, 0.4) is 0 Å². The zero-order chi connectivity index (χ0) is 31.4. The van der Waals surface area contributed by atoms with Crippen molar-refractivity contribution in [3.8, 4) is 0 Å². The molecule has 2 heterocycles. The van der Waals surface area contributed by atoms with E-state index in [0.29, 0.717) is 49.0 Å². The van der Waals surface area contributed by atoms with Crippen molar-refractivity contribution in [2.75, 3.05) is 11.9 Å². The fraction of sp³-hybridized carbons (Fsp3) is 0.281. The highest BCUT2D eigenvalue weighted by atomic mass is 16.4. The highest BCUT2D eigenvalue weighted by Crippen LogP contribution is 2.35. The summed E-state index contributed by atoms with van der Waals surface area (Å²) in [7, 11) is 0. The van der Waals surface area contributed by atoms with Crippen molar-refractivity contribution in [1.29, 1.82) is 5.41 Å². The lowest BCUT2D eigenvalue weighted by Gasteiger charge is -2.47. The van der Waals surface area contributed by atoms with Gasteiger partial charge in [-0.2, -0.15) is 10.0 Å². The minimum atomic E-state index is -1.14. The number of urea groups is 1. The normalized spacial score (nSPS) is 19.7. The average molecular weight is 598 g/mol. The lowest BCUT2D eigenvalue weighted by molar-refractivity contribution is 0.0685. The maximum Gasteiger partial charge on any atom is 0.449 e. The molecule has 4 aromatic rings. The second-order valence-corrected chi connectivity index (χ2v) is 11.3. The smallest absolute Gasteiger partial charge is 0.449 e. The van der Waals surface area contributed by atoms with Crippen LogP contribution < -0.4 is 26.4 Å². The summed E-state index contributed by atoms with van der Waals surface area (Å²) in [6, 6.07) is 19.1. The van der Waals surface area contributed by atoms with Crippen molar-refractivity contribution in [2.24, 2.45) is 5.73 Å². The maximum absolute atomic E-state index is 13.0. The highest BCUT2D eigenvalue weighted by Gasteiger charge is 2.47. The number of carboxylic acid groups (broad SMARTS) is 1. The first-order chi connectivity index (χ1) is 21.0. The van der Waals surface area contributed by atoms with E-state index in [1.54, 1.807) is 36.4 Å². The number of nitrogen functional groups attached to an aromatic ring is 1. The molecule has 1 aliphatic heterocycles. The van der Waals surface area contributed by atoms with Gasteiger partial charge in [0.25, 0.3) is 0 Å². The van der Waals surface area contributed by atoms with Gasteiger partial charge in [-0.05, 0) is 44.0 Å². The number of hydrogen-bond acceptors (Lipinski definition) is 5. The average Bonchev–Trinajstić information content (AvgIpc) is 3.36. The second kappa shape index (κ2) is 12.6. The molecule has 3 unspecified atom stereocenters. The van der Waals surface area contributed by atoms with Crippen molar-refractivity contribution in [2.45, 2.75) is 51.6 Å². The number of nitrogens with two attached hydrogens (primary N) is 1. The van der Waals surface area contributed by atoms with Gasteiger partial charge >= 0.3 is 12.1 Å². The van der Waals surface area contributed by atoms with Crippen LogP contribution in [0.2, 0.25) is 0 Å². The first kappa shape index (κ1) is 30.2. The molecule has 8 N–H and O–H groups in total. The van der Waals surface area contributed by atoms with Gasteiger partial charge in [0, 0.05) is 54.3 Å². The molecule has 1 saturated heterocycles. The van der Waals surface area contributed by atoms with Gasteiger partial charge in [0.1, 0.15) is 24.2 Å². The third-order valence-corrected chi connectivity index (χ3v) is 8.24. The summed E-state index contributed by atoms with van der Waals surface area (Å²) in [5.41, 5.74) is 13.5. The molecule has 3 atom stereocenters. The summed E-state index contributed by atoms with van der Waals surface area (Å²) >= 11 is 0. The number of benzene rings is 3. The lowest BCUT2D eigenvalue weighted by Crippen LogP contribution is -2.71. The number of rotatable bonds is 9. The summed E-state index contributed by atoms with van der Waals surface area (Å²) in [6.45, 7) is 3.75. The number of nitrogens with zero attached hydrogens (tertiary/aromatic N) is 2. The Bertz CT molecular complexity index is 1720. The Morgan fingerprint density at radius 1 is 1.09 bits per heavy atom. The molecular formula is C32H37N8O4+. The molecule has 0 bridgehead atoms. The fourth-order valence-corrected chi connectivity index (χ4v) is 6.09. The predicted octanol–water partition coefficient (Wildman–Crippen LogP) is 4.83. The van der Waals surface area contributed by atoms with Crippen LogP contribution in [0.25, 0.3) is 11.0 Å². The number of fused-ring (bicyclic) bond motifs is 1. The molecule has 5 rings (SSSR count). The number of quaternary nitrogens is 1. The SMILES string of the molecule is CC(=O)c1cccc(NC(=O)NC2CC[N+](NC(=O)O)(c3ccc4nc(C)[nH]c4c3)C(CCc3ccc(C(=N)N)cc3)C2)c1. The number of anilines is 1. The van der Waals surface area contributed by atoms with E-state index in [9.17, 15) is 19.5 Å². The van der Waals surface area contributed by atoms with Crippen LogP contribution in [0.15, 0.2) is 66.7 Å². The number of H-pyrrole nitrogens is 1. The Morgan fingerprint density at radius 3 is 2.57 bits per heavy atom. The molecular weight excluding hydrogens is 560 g/mol. The number of hydrogen-bond donors (Lipinski definition) is 7. The van der Waals surface area contributed by atoms with Gasteiger partial charge in [-0.3, -0.25) is 10.2 Å². The number of piperidine rings is 1. The van der Waals surface area contributed by atoms with Crippen LogP contribution >= 0.6 is 0 Å². The number of aromatic nitrogens is 2. The first-order valence-corrected chi connectivity index (χ1v) is 14.5. The zero-order valence-corrected chi connectivity index (χ0v) is 24.7. The van der Waals surface area contributed by atoms with Crippen LogP contribution in [-0.4, -0.2) is 57.4 Å². The standard InChI is InChI=1S/C32H36N8O4/c1-19(41)23-4-3-5-24(16-23)37-31(42)38-25-14-15-40(39-32(43)44,27-12-13-28-29(18-27)36-20(2)35-28)26(17-25)11-8-21-6-9-22(10-7-21)30(33)34/h3-7,9-10,12-13,16,18,25-26,39H,8,11,14-15,17H2,1-2H3,(H6-,33,34,35,36,37,38,42,43,44)/p+1. The Labute approximate surface area is 254 Å². The molecule has 1 aromatic heterocycles. The van der Waals surface area contributed by atoms with Gasteiger partial charge in [0.05, 0.1) is 11.0 Å². The Hall–Kier alpha value is -5.23. The number of ketones is 1. The largest absolute Gasteiger partial charge is 0.462 e. The third kappa shape index (κ3) is 6.70. The maximum atomic E-state index is 13.0. The molecule has 228 valence electrons. The number of Topliss-reactive ketones (excluding diaryl/α,β-unsaturated/α-hetero) is 1. The lowest BCUT2D eigenvalue weighted by atomic mass is 9.90. The van der Waals surface area contributed by atoms with Crippen LogP contribution in [0, 0.1) is 12.3 Å². The summed E-state index contributed by atoms with van der Waals surface area (Å²) in [5.74, 6) is 0.668. The molecule has 1 aliphatic rings. The highest BCUT2D eigenvalue weighted by molar-refractivity contribution is 5.97. The van der Waals surface area contributed by atoms with E-state index in [2.05, 4.69) is 26.0 Å². The van der Waals surface area contributed by atoms with Crippen LogP contribution in [-0.2, 0) is 6.42 Å². The number of amides is 3. The van der Waals surface area contributed by atoms with Gasteiger partial charge in [0.15, 0.2) is 11.5 Å². The summed E-state index contributed by atoms with van der Waals surface area (Å²) in [5, 5.41) is 23.6. The van der Waals surface area contributed by atoms with Crippen molar-refractivity contribution in [3.63, 3.8) is 0 Å². The summed E-state index contributed by atoms with van der Waals surface area (Å²) in [4.78, 5) is 44.8. The van der Waals surface area contributed by atoms with E-state index in [0.717, 1.165) is 28.1 Å². The van der Waals surface area contributed by atoms with Crippen molar-refractivity contribution in [3.05, 3.63) is 89.2 Å². The number of nitrogens with one attached hydrogen (secondary N) is 5. The van der Waals surface area contributed by atoms with Gasteiger partial charge in [-0.25, -0.2) is 14.6 Å². The topological polar surface area (TPSA) is 186 Å². The molecule has 3 aromatic carbocycles. The van der Waals surface area contributed by atoms with Crippen molar-refractivity contribution >= 4 is 46.2 Å². The van der Waals surface area contributed by atoms with Gasteiger partial charge in [-0.15, -0.1) is 0 Å². The first-order valence-electron chi connectivity index (χ1n) is 14.5. The molecule has 12 nitrogen and oxygen atoms in total. The third-order valence-electron chi connectivity index (χ3n) is 8.24. The Kier molecular flexibility index (Phi) is 8.63. The van der Waals surface area contributed by atoms with E-state index in [4.69, 9.17) is 11.1 Å². The van der Waals surface area contributed by atoms with E-state index >= 15 is 0 Å². The van der Waals surface area contributed by atoms with Crippen LogP contribution in [0.4, 0.5) is 21.0 Å². The number of aryl methyl sites for hydroxylation is 2. The Balaban J connectivity index is 1.42. The Morgan fingerprint density at radius 2 is 1.86 bits per heavy atom. The monoisotopic (exact) mass is 597 g/mol. The number of aromatic amines is 1. The molecule has 0 radical (unpaired) electrons. The molecule has 3 amide bonds. The van der Waals surface area contributed by atoms with Gasteiger partial charge < -0.3 is 26.5 Å². The molecule has 0 spiro atoms. The van der Waals surface area contributed by atoms with E-state index in [1.807, 2.05) is 37.3 Å². The number of amidine groups is 1. The minimum absolute atomic E-state index is 0.00464. The predicted molar refractivity (Wildman–Crippen MR) is 170 cm³/mol. The van der Waals surface area contributed by atoms with E-state index in [1.165, 1.54) is 6.92 Å². The number of carbonyl (C=O) groups is 3. The summed E-state index contributed by atoms with van der Waals surface area (Å²) < 4.78 is -0.00464. The minimum Gasteiger partial charge on any atom is -0.462 e. The number of carbonyl (C=O) groups excluding carboxylic acids is 2. The quantitative estimate of drug-likeness (QED) is 0.0626. The zero-order valence-electron chi connectivity index (χ0n) is 24.7. The van der Waals surface area contributed by atoms with Gasteiger partial charge in [0.2, 0.25) is 0 Å².